The van der Waals surface area contributed by atoms with Gasteiger partial charge in [0.25, 0.3) is 5.91 Å². The number of para-hydroxylation sites is 2. The summed E-state index contributed by atoms with van der Waals surface area (Å²) in [6.45, 7) is 6.43. The first kappa shape index (κ1) is 22.5. The van der Waals surface area contributed by atoms with E-state index in [4.69, 9.17) is 9.47 Å². The maximum absolute atomic E-state index is 13.3. The Balaban J connectivity index is 1.76. The van der Waals surface area contributed by atoms with Gasteiger partial charge in [-0.05, 0) is 49.6 Å². The summed E-state index contributed by atoms with van der Waals surface area (Å²) in [6.07, 6.45) is 2.02. The molecule has 5 nitrogen and oxygen atoms in total. The quantitative estimate of drug-likeness (QED) is 0.387. The molecule has 0 aliphatic heterocycles. The SMILES string of the molecule is COc1cccc(C(CNC(=O)c2c(C)cc(C)cc2C)c2c[nH]c3ccccc23)c1OC. The first-order valence-electron chi connectivity index (χ1n) is 11.1. The molecule has 1 heterocycles. The van der Waals surface area contributed by atoms with E-state index in [0.717, 1.165) is 44.3 Å². The predicted octanol–water partition coefficient (Wildman–Crippen LogP) is 5.67. The lowest BCUT2D eigenvalue weighted by Crippen LogP contribution is -2.30. The second kappa shape index (κ2) is 9.41. The molecule has 0 aliphatic carbocycles. The third kappa shape index (κ3) is 4.31. The van der Waals surface area contributed by atoms with Gasteiger partial charge in [0.15, 0.2) is 11.5 Å². The minimum Gasteiger partial charge on any atom is -0.493 e. The first-order valence-corrected chi connectivity index (χ1v) is 11.1. The summed E-state index contributed by atoms with van der Waals surface area (Å²) >= 11 is 0. The van der Waals surface area contributed by atoms with Crippen molar-refractivity contribution in [3.05, 3.63) is 94.2 Å². The van der Waals surface area contributed by atoms with Crippen LogP contribution in [-0.4, -0.2) is 31.7 Å². The highest BCUT2D eigenvalue weighted by Gasteiger charge is 2.25. The van der Waals surface area contributed by atoms with Crippen molar-refractivity contribution >= 4 is 16.8 Å². The van der Waals surface area contributed by atoms with Gasteiger partial charge in [0.2, 0.25) is 0 Å². The summed E-state index contributed by atoms with van der Waals surface area (Å²) in [5.74, 6) is 1.13. The molecule has 0 radical (unpaired) electrons. The van der Waals surface area contributed by atoms with E-state index in [1.165, 1.54) is 0 Å². The van der Waals surface area contributed by atoms with Crippen LogP contribution in [0.25, 0.3) is 10.9 Å². The molecule has 4 aromatic rings. The Morgan fingerprint density at radius 3 is 2.36 bits per heavy atom. The number of hydrogen-bond donors (Lipinski definition) is 2. The molecule has 0 spiro atoms. The lowest BCUT2D eigenvalue weighted by molar-refractivity contribution is 0.0951. The molecule has 4 rings (SSSR count). The van der Waals surface area contributed by atoms with Crippen LogP contribution < -0.4 is 14.8 Å². The Labute approximate surface area is 194 Å². The van der Waals surface area contributed by atoms with Crippen LogP contribution in [0, 0.1) is 20.8 Å². The number of benzene rings is 3. The minimum absolute atomic E-state index is 0.0725. The standard InChI is InChI=1S/C28H30N2O3/c1-17-13-18(2)26(19(3)14-17)28(31)30-16-23(21-10-8-12-25(32-4)27(21)33-5)22-15-29-24-11-7-6-9-20(22)24/h6-15,23,29H,16H2,1-5H3,(H,30,31). The van der Waals surface area contributed by atoms with Crippen LogP contribution in [0.5, 0.6) is 11.5 Å². The summed E-state index contributed by atoms with van der Waals surface area (Å²) in [5.41, 5.74) is 6.94. The molecule has 1 aromatic heterocycles. The highest BCUT2D eigenvalue weighted by molar-refractivity contribution is 5.97. The van der Waals surface area contributed by atoms with Gasteiger partial charge < -0.3 is 19.8 Å². The zero-order valence-electron chi connectivity index (χ0n) is 19.8. The Morgan fingerprint density at radius 1 is 0.939 bits per heavy atom. The van der Waals surface area contributed by atoms with Crippen molar-refractivity contribution < 1.29 is 14.3 Å². The molecule has 0 bridgehead atoms. The summed E-state index contributed by atoms with van der Waals surface area (Å²) in [7, 11) is 3.28. The molecular formula is C28H30N2O3. The second-order valence-electron chi connectivity index (χ2n) is 8.41. The fraction of sp³-hybridized carbons (Fsp3) is 0.250. The van der Waals surface area contributed by atoms with Gasteiger partial charge in [-0.25, -0.2) is 0 Å². The molecule has 1 amide bonds. The molecule has 5 heteroatoms. The van der Waals surface area contributed by atoms with Crippen molar-refractivity contribution in [2.24, 2.45) is 0 Å². The largest absolute Gasteiger partial charge is 0.493 e. The van der Waals surface area contributed by atoms with Gasteiger partial charge in [-0.15, -0.1) is 0 Å². The van der Waals surface area contributed by atoms with Crippen LogP contribution in [0.1, 0.15) is 44.1 Å². The van der Waals surface area contributed by atoms with Gasteiger partial charge in [0.05, 0.1) is 14.2 Å². The van der Waals surface area contributed by atoms with Crippen molar-refractivity contribution in [2.45, 2.75) is 26.7 Å². The molecule has 1 atom stereocenters. The van der Waals surface area contributed by atoms with Crippen LogP contribution in [0.15, 0.2) is 60.8 Å². The summed E-state index contributed by atoms with van der Waals surface area (Å²) in [4.78, 5) is 16.6. The number of rotatable bonds is 7. The Bertz CT molecular complexity index is 1280. The molecule has 0 saturated carbocycles. The van der Waals surface area contributed by atoms with Crippen LogP contribution >= 0.6 is 0 Å². The van der Waals surface area contributed by atoms with Gasteiger partial charge in [0, 0.05) is 40.7 Å². The summed E-state index contributed by atoms with van der Waals surface area (Å²) in [6, 6.07) is 18.1. The third-order valence-corrected chi connectivity index (χ3v) is 6.18. The number of fused-ring (bicyclic) bond motifs is 1. The van der Waals surface area contributed by atoms with E-state index in [-0.39, 0.29) is 11.8 Å². The average Bonchev–Trinajstić information content (AvgIpc) is 3.22. The zero-order valence-corrected chi connectivity index (χ0v) is 19.8. The topological polar surface area (TPSA) is 63.3 Å². The first-order chi connectivity index (χ1) is 15.9. The van der Waals surface area contributed by atoms with E-state index in [0.29, 0.717) is 18.0 Å². The van der Waals surface area contributed by atoms with E-state index in [9.17, 15) is 4.79 Å². The normalized spacial score (nSPS) is 11.9. The summed E-state index contributed by atoms with van der Waals surface area (Å²) in [5, 5.41) is 4.31. The van der Waals surface area contributed by atoms with E-state index in [1.54, 1.807) is 14.2 Å². The van der Waals surface area contributed by atoms with Gasteiger partial charge in [0.1, 0.15) is 0 Å². The summed E-state index contributed by atoms with van der Waals surface area (Å²) < 4.78 is 11.3. The molecule has 0 saturated heterocycles. The van der Waals surface area contributed by atoms with E-state index in [1.807, 2.05) is 69.4 Å². The number of carbonyl (C=O) groups excluding carboxylic acids is 1. The maximum Gasteiger partial charge on any atom is 0.251 e. The van der Waals surface area contributed by atoms with E-state index >= 15 is 0 Å². The van der Waals surface area contributed by atoms with Crippen LogP contribution in [0.2, 0.25) is 0 Å². The van der Waals surface area contributed by atoms with Gasteiger partial charge >= 0.3 is 0 Å². The number of ether oxygens (including phenoxy) is 2. The second-order valence-corrected chi connectivity index (χ2v) is 8.41. The zero-order chi connectivity index (χ0) is 23.5. The number of nitrogens with one attached hydrogen (secondary N) is 2. The number of aromatic nitrogens is 1. The van der Waals surface area contributed by atoms with Gasteiger partial charge in [-0.3, -0.25) is 4.79 Å². The molecule has 0 aliphatic rings. The predicted molar refractivity (Wildman–Crippen MR) is 133 cm³/mol. The van der Waals surface area contributed by atoms with Crippen molar-refractivity contribution in [3.8, 4) is 11.5 Å². The van der Waals surface area contributed by atoms with Crippen molar-refractivity contribution in [1.82, 2.24) is 10.3 Å². The maximum atomic E-state index is 13.3. The Hall–Kier alpha value is -3.73. The fourth-order valence-corrected chi connectivity index (χ4v) is 4.78. The van der Waals surface area contributed by atoms with Crippen LogP contribution in [0.4, 0.5) is 0 Å². The number of aryl methyl sites for hydroxylation is 3. The number of H-pyrrole nitrogens is 1. The van der Waals surface area contributed by atoms with Crippen molar-refractivity contribution in [1.29, 1.82) is 0 Å². The average molecular weight is 443 g/mol. The molecular weight excluding hydrogens is 412 g/mol. The minimum atomic E-state index is -0.138. The lowest BCUT2D eigenvalue weighted by Gasteiger charge is -2.22. The van der Waals surface area contributed by atoms with Gasteiger partial charge in [-0.2, -0.15) is 0 Å². The highest BCUT2D eigenvalue weighted by Crippen LogP contribution is 2.40. The number of amides is 1. The number of aromatic amines is 1. The smallest absolute Gasteiger partial charge is 0.251 e. The van der Waals surface area contributed by atoms with E-state index in [2.05, 4.69) is 22.4 Å². The van der Waals surface area contributed by atoms with Crippen LogP contribution in [0.3, 0.4) is 0 Å². The highest BCUT2D eigenvalue weighted by atomic mass is 16.5. The molecule has 2 N–H and O–H groups in total. The Morgan fingerprint density at radius 2 is 1.67 bits per heavy atom. The Kier molecular flexibility index (Phi) is 6.40. The number of methoxy groups -OCH3 is 2. The van der Waals surface area contributed by atoms with Gasteiger partial charge in [-0.1, -0.05) is 48.0 Å². The van der Waals surface area contributed by atoms with Crippen molar-refractivity contribution in [2.75, 3.05) is 20.8 Å². The lowest BCUT2D eigenvalue weighted by atomic mass is 9.89. The van der Waals surface area contributed by atoms with Crippen LogP contribution in [-0.2, 0) is 0 Å². The van der Waals surface area contributed by atoms with E-state index < -0.39 is 0 Å². The number of hydrogen-bond acceptors (Lipinski definition) is 3. The fourth-order valence-electron chi connectivity index (χ4n) is 4.78. The monoisotopic (exact) mass is 442 g/mol. The molecule has 0 fully saturated rings. The molecule has 3 aromatic carbocycles. The molecule has 33 heavy (non-hydrogen) atoms. The number of carbonyl (C=O) groups is 1. The molecule has 170 valence electrons. The van der Waals surface area contributed by atoms with Crippen molar-refractivity contribution in [3.63, 3.8) is 0 Å². The molecule has 1 unspecified atom stereocenters. The third-order valence-electron chi connectivity index (χ3n) is 6.18.